The summed E-state index contributed by atoms with van der Waals surface area (Å²) in [5, 5.41) is 4.57. The van der Waals surface area contributed by atoms with Gasteiger partial charge < -0.3 is 9.26 Å². The summed E-state index contributed by atoms with van der Waals surface area (Å²) in [6, 6.07) is 21.3. The Bertz CT molecular complexity index is 1450. The van der Waals surface area contributed by atoms with Crippen molar-refractivity contribution in [3.05, 3.63) is 90.1 Å². The molecular formula is C26H21FN4O3S. The number of rotatable bonds is 8. The van der Waals surface area contributed by atoms with E-state index in [1.807, 2.05) is 48.5 Å². The number of nitrogens with zero attached hydrogens (tertiary/aromatic N) is 4. The monoisotopic (exact) mass is 488 g/mol. The second-order valence-electron chi connectivity index (χ2n) is 7.81. The van der Waals surface area contributed by atoms with E-state index in [-0.39, 0.29) is 24.6 Å². The number of methoxy groups -OCH3 is 1. The Hall–Kier alpha value is -4.11. The van der Waals surface area contributed by atoms with Crippen LogP contribution in [0, 0.1) is 5.82 Å². The molecular weight excluding hydrogens is 467 g/mol. The Morgan fingerprint density at radius 3 is 2.63 bits per heavy atom. The fourth-order valence-electron chi connectivity index (χ4n) is 3.59. The van der Waals surface area contributed by atoms with Crippen LogP contribution in [0.2, 0.25) is 0 Å². The van der Waals surface area contributed by atoms with Gasteiger partial charge in [-0.15, -0.1) is 0 Å². The molecule has 0 saturated carbocycles. The number of anilines is 1. The number of halogens is 1. The van der Waals surface area contributed by atoms with Crippen LogP contribution in [0.4, 0.5) is 9.52 Å². The normalized spacial score (nSPS) is 11.0. The molecule has 0 saturated heterocycles. The first-order valence-electron chi connectivity index (χ1n) is 11.0. The number of thiazole rings is 1. The van der Waals surface area contributed by atoms with Gasteiger partial charge in [0.2, 0.25) is 17.6 Å². The number of aryl methyl sites for hydroxylation is 1. The molecule has 0 aliphatic rings. The largest absolute Gasteiger partial charge is 0.497 e. The Kier molecular flexibility index (Phi) is 6.49. The van der Waals surface area contributed by atoms with Gasteiger partial charge in [0, 0.05) is 18.4 Å². The van der Waals surface area contributed by atoms with E-state index in [2.05, 4.69) is 10.1 Å². The molecule has 0 unspecified atom stereocenters. The molecule has 0 spiro atoms. The van der Waals surface area contributed by atoms with Gasteiger partial charge in [0.1, 0.15) is 11.6 Å². The van der Waals surface area contributed by atoms with Gasteiger partial charge in [-0.2, -0.15) is 4.98 Å². The van der Waals surface area contributed by atoms with Crippen LogP contribution in [0.3, 0.4) is 0 Å². The third-order valence-corrected chi connectivity index (χ3v) is 6.46. The molecule has 9 heteroatoms. The maximum absolute atomic E-state index is 13.4. The number of carbonyl (C=O) groups excluding carboxylic acids is 1. The molecule has 2 heterocycles. The summed E-state index contributed by atoms with van der Waals surface area (Å²) in [7, 11) is 1.62. The van der Waals surface area contributed by atoms with Crippen molar-refractivity contribution in [1.82, 2.24) is 15.1 Å². The first-order chi connectivity index (χ1) is 17.1. The molecule has 0 radical (unpaired) electrons. The molecule has 176 valence electrons. The highest BCUT2D eigenvalue weighted by atomic mass is 32.1. The molecule has 0 bridgehead atoms. The van der Waals surface area contributed by atoms with Gasteiger partial charge in [-0.3, -0.25) is 9.69 Å². The maximum atomic E-state index is 13.4. The predicted octanol–water partition coefficient (Wildman–Crippen LogP) is 5.66. The van der Waals surface area contributed by atoms with Crippen molar-refractivity contribution in [2.24, 2.45) is 0 Å². The molecule has 7 nitrogen and oxygen atoms in total. The lowest BCUT2D eigenvalue weighted by Gasteiger charge is -2.19. The molecule has 0 fully saturated rings. The van der Waals surface area contributed by atoms with Crippen molar-refractivity contribution in [3.8, 4) is 17.1 Å². The van der Waals surface area contributed by atoms with Crippen molar-refractivity contribution in [1.29, 1.82) is 0 Å². The highest BCUT2D eigenvalue weighted by molar-refractivity contribution is 7.22. The summed E-state index contributed by atoms with van der Waals surface area (Å²) in [4.78, 5) is 24.1. The van der Waals surface area contributed by atoms with Crippen molar-refractivity contribution in [2.45, 2.75) is 19.4 Å². The van der Waals surface area contributed by atoms with Crippen molar-refractivity contribution >= 4 is 32.6 Å². The summed E-state index contributed by atoms with van der Waals surface area (Å²) in [6.45, 7) is 0.390. The Morgan fingerprint density at radius 2 is 1.86 bits per heavy atom. The zero-order chi connectivity index (χ0) is 24.2. The van der Waals surface area contributed by atoms with E-state index in [0.717, 1.165) is 21.5 Å². The van der Waals surface area contributed by atoms with E-state index in [4.69, 9.17) is 14.2 Å². The minimum atomic E-state index is -0.338. The van der Waals surface area contributed by atoms with Gasteiger partial charge in [-0.25, -0.2) is 9.37 Å². The van der Waals surface area contributed by atoms with Crippen LogP contribution < -0.4 is 9.64 Å². The number of aromatic nitrogens is 3. The summed E-state index contributed by atoms with van der Waals surface area (Å²) in [5.41, 5.74) is 2.44. The van der Waals surface area contributed by atoms with Crippen LogP contribution in [-0.4, -0.2) is 28.1 Å². The lowest BCUT2D eigenvalue weighted by molar-refractivity contribution is -0.118. The smallest absolute Gasteiger partial charge is 0.229 e. The van der Waals surface area contributed by atoms with Crippen LogP contribution in [0.25, 0.3) is 21.6 Å². The van der Waals surface area contributed by atoms with E-state index in [9.17, 15) is 9.18 Å². The van der Waals surface area contributed by atoms with Gasteiger partial charge in [0.05, 0.1) is 23.9 Å². The lowest BCUT2D eigenvalue weighted by atomic mass is 10.2. The highest BCUT2D eigenvalue weighted by Gasteiger charge is 2.21. The average Bonchev–Trinajstić information content (AvgIpc) is 3.53. The van der Waals surface area contributed by atoms with Gasteiger partial charge in [-0.05, 0) is 48.0 Å². The van der Waals surface area contributed by atoms with Crippen molar-refractivity contribution in [3.63, 3.8) is 0 Å². The number of carbonyl (C=O) groups is 1. The van der Waals surface area contributed by atoms with E-state index in [0.29, 0.717) is 29.0 Å². The third kappa shape index (κ3) is 5.20. The van der Waals surface area contributed by atoms with E-state index < -0.39 is 0 Å². The number of hydrogen-bond donors (Lipinski definition) is 0. The van der Waals surface area contributed by atoms with Crippen LogP contribution in [0.1, 0.15) is 17.9 Å². The summed E-state index contributed by atoms with van der Waals surface area (Å²) in [6.07, 6.45) is 0.439. The van der Waals surface area contributed by atoms with Gasteiger partial charge in [0.25, 0.3) is 0 Å². The van der Waals surface area contributed by atoms with E-state index in [1.165, 1.54) is 23.5 Å². The van der Waals surface area contributed by atoms with Gasteiger partial charge in [-0.1, -0.05) is 46.8 Å². The molecule has 35 heavy (non-hydrogen) atoms. The first-order valence-corrected chi connectivity index (χ1v) is 11.8. The Balaban J connectivity index is 1.36. The molecule has 2 aromatic heterocycles. The van der Waals surface area contributed by atoms with Crippen LogP contribution in [0.15, 0.2) is 77.3 Å². The summed E-state index contributed by atoms with van der Waals surface area (Å²) in [5.74, 6) is 0.985. The van der Waals surface area contributed by atoms with Crippen molar-refractivity contribution in [2.75, 3.05) is 12.0 Å². The molecule has 0 N–H and O–H groups in total. The van der Waals surface area contributed by atoms with E-state index >= 15 is 0 Å². The van der Waals surface area contributed by atoms with Crippen LogP contribution in [0.5, 0.6) is 5.75 Å². The highest BCUT2D eigenvalue weighted by Crippen LogP contribution is 2.32. The fraction of sp³-hybridized carbons (Fsp3) is 0.154. The number of benzene rings is 3. The SMILES string of the molecule is COc1ccc2nc(N(Cc3ccccc3)C(=O)CCc3nc(-c4ccc(F)cc4)no3)sc2c1. The minimum Gasteiger partial charge on any atom is -0.497 e. The molecule has 5 aromatic rings. The Morgan fingerprint density at radius 1 is 1.06 bits per heavy atom. The number of fused-ring (bicyclic) bond motifs is 1. The molecule has 0 aliphatic carbocycles. The lowest BCUT2D eigenvalue weighted by Crippen LogP contribution is -2.30. The minimum absolute atomic E-state index is 0.110. The molecule has 0 aliphatic heterocycles. The molecule has 0 atom stereocenters. The third-order valence-electron chi connectivity index (χ3n) is 5.42. The van der Waals surface area contributed by atoms with Crippen molar-refractivity contribution < 1.29 is 18.4 Å². The summed E-state index contributed by atoms with van der Waals surface area (Å²) < 4.78 is 24.8. The summed E-state index contributed by atoms with van der Waals surface area (Å²) >= 11 is 1.44. The standard InChI is InChI=1S/C26H21FN4O3S/c1-33-20-11-12-21-22(15-20)35-26(28-21)31(16-17-5-3-2-4-6-17)24(32)14-13-23-29-25(30-34-23)18-7-9-19(27)10-8-18/h2-12,15H,13-14,16H2,1H3. The number of hydrogen-bond acceptors (Lipinski definition) is 7. The van der Waals surface area contributed by atoms with Gasteiger partial charge >= 0.3 is 0 Å². The molecule has 5 rings (SSSR count). The molecule has 3 aromatic carbocycles. The fourth-order valence-corrected chi connectivity index (χ4v) is 4.60. The first kappa shape index (κ1) is 22.7. The molecule has 1 amide bonds. The van der Waals surface area contributed by atoms with Crippen LogP contribution in [-0.2, 0) is 17.8 Å². The quantitative estimate of drug-likeness (QED) is 0.280. The second kappa shape index (κ2) is 10.0. The van der Waals surface area contributed by atoms with Gasteiger partial charge in [0.15, 0.2) is 5.13 Å². The number of amides is 1. The zero-order valence-corrected chi connectivity index (χ0v) is 19.7. The van der Waals surface area contributed by atoms with E-state index in [1.54, 1.807) is 24.1 Å². The average molecular weight is 489 g/mol. The zero-order valence-electron chi connectivity index (χ0n) is 18.8. The maximum Gasteiger partial charge on any atom is 0.229 e. The second-order valence-corrected chi connectivity index (χ2v) is 8.82. The Labute approximate surface area is 204 Å². The number of ether oxygens (including phenoxy) is 1. The predicted molar refractivity (Wildman–Crippen MR) is 132 cm³/mol. The van der Waals surface area contributed by atoms with Crippen LogP contribution >= 0.6 is 11.3 Å². The topological polar surface area (TPSA) is 81.4 Å².